The van der Waals surface area contributed by atoms with Crippen LogP contribution in [0.3, 0.4) is 0 Å². The molecule has 1 aromatic carbocycles. The minimum Gasteiger partial charge on any atom is -0.349 e. The van der Waals surface area contributed by atoms with E-state index in [1.165, 1.54) is 4.68 Å². The highest BCUT2D eigenvalue weighted by Crippen LogP contribution is 2.13. The molecule has 0 aliphatic carbocycles. The fourth-order valence-corrected chi connectivity index (χ4v) is 2.14. The Morgan fingerprint density at radius 2 is 2.00 bits per heavy atom. The van der Waals surface area contributed by atoms with E-state index in [-0.39, 0.29) is 23.1 Å². The van der Waals surface area contributed by atoms with E-state index in [4.69, 9.17) is 5.73 Å². The Labute approximate surface area is 122 Å². The zero-order valence-corrected chi connectivity index (χ0v) is 12.3. The largest absolute Gasteiger partial charge is 0.349 e. The van der Waals surface area contributed by atoms with Crippen LogP contribution in [-0.2, 0) is 6.54 Å². The van der Waals surface area contributed by atoms with Gasteiger partial charge in [-0.05, 0) is 12.0 Å². The standard InChI is InChI=1S/C15H20N4O2/c1-10(2)9-19-15(21)12-6-4-3-5-11(12)13(18-19)14(20)17-8-7-16/h3-6,10H,7-9,16H2,1-2H3,(H,17,20). The van der Waals surface area contributed by atoms with E-state index in [1.54, 1.807) is 24.3 Å². The highest BCUT2D eigenvalue weighted by Gasteiger charge is 2.16. The summed E-state index contributed by atoms with van der Waals surface area (Å²) in [5.41, 5.74) is 5.49. The molecule has 6 nitrogen and oxygen atoms in total. The molecule has 112 valence electrons. The molecular weight excluding hydrogens is 268 g/mol. The first-order chi connectivity index (χ1) is 10.0. The highest BCUT2D eigenvalue weighted by molar-refractivity contribution is 6.04. The van der Waals surface area contributed by atoms with Crippen molar-refractivity contribution in [1.82, 2.24) is 15.1 Å². The van der Waals surface area contributed by atoms with Crippen LogP contribution in [0.25, 0.3) is 10.8 Å². The fourth-order valence-electron chi connectivity index (χ4n) is 2.14. The molecule has 6 heteroatoms. The molecule has 0 unspecified atom stereocenters. The number of amides is 1. The van der Waals surface area contributed by atoms with Gasteiger partial charge in [0.2, 0.25) is 0 Å². The van der Waals surface area contributed by atoms with Gasteiger partial charge in [0.1, 0.15) is 0 Å². The van der Waals surface area contributed by atoms with Crippen molar-refractivity contribution in [3.63, 3.8) is 0 Å². The Kier molecular flexibility index (Phi) is 4.70. The van der Waals surface area contributed by atoms with Crippen LogP contribution in [-0.4, -0.2) is 28.8 Å². The lowest BCUT2D eigenvalue weighted by atomic mass is 10.1. The van der Waals surface area contributed by atoms with Crippen molar-refractivity contribution < 1.29 is 4.79 Å². The molecule has 0 aliphatic heterocycles. The Bertz CT molecular complexity index is 706. The van der Waals surface area contributed by atoms with E-state index in [0.717, 1.165) is 0 Å². The average Bonchev–Trinajstić information content (AvgIpc) is 2.47. The third-order valence-corrected chi connectivity index (χ3v) is 3.05. The molecule has 1 amide bonds. The summed E-state index contributed by atoms with van der Waals surface area (Å²) in [5.74, 6) is -0.0505. The fraction of sp³-hybridized carbons (Fsp3) is 0.400. The summed E-state index contributed by atoms with van der Waals surface area (Å²) in [5, 5.41) is 8.02. The van der Waals surface area contributed by atoms with E-state index in [1.807, 2.05) is 13.8 Å². The van der Waals surface area contributed by atoms with E-state index in [2.05, 4.69) is 10.4 Å². The first kappa shape index (κ1) is 15.2. The zero-order chi connectivity index (χ0) is 15.4. The van der Waals surface area contributed by atoms with E-state index in [9.17, 15) is 9.59 Å². The summed E-state index contributed by atoms with van der Waals surface area (Å²) in [6.45, 7) is 5.20. The minimum atomic E-state index is -0.311. The molecule has 2 rings (SSSR count). The maximum Gasteiger partial charge on any atom is 0.274 e. The van der Waals surface area contributed by atoms with Crippen molar-refractivity contribution in [2.24, 2.45) is 11.7 Å². The van der Waals surface area contributed by atoms with Gasteiger partial charge in [0.05, 0.1) is 5.39 Å². The summed E-state index contributed by atoms with van der Waals surface area (Å²) < 4.78 is 1.37. The van der Waals surface area contributed by atoms with Crippen molar-refractivity contribution in [3.05, 3.63) is 40.3 Å². The molecule has 3 N–H and O–H groups in total. The topological polar surface area (TPSA) is 90.0 Å². The van der Waals surface area contributed by atoms with Crippen molar-refractivity contribution >= 4 is 16.7 Å². The van der Waals surface area contributed by atoms with Gasteiger partial charge in [-0.1, -0.05) is 32.0 Å². The predicted molar refractivity (Wildman–Crippen MR) is 82.2 cm³/mol. The van der Waals surface area contributed by atoms with Crippen LogP contribution < -0.4 is 16.6 Å². The number of hydrogen-bond acceptors (Lipinski definition) is 4. The number of carbonyl (C=O) groups excluding carboxylic acids is 1. The maximum absolute atomic E-state index is 12.4. The monoisotopic (exact) mass is 288 g/mol. The van der Waals surface area contributed by atoms with Crippen molar-refractivity contribution in [2.75, 3.05) is 13.1 Å². The van der Waals surface area contributed by atoms with Crippen molar-refractivity contribution in [3.8, 4) is 0 Å². The number of benzene rings is 1. The van der Waals surface area contributed by atoms with Gasteiger partial charge in [-0.25, -0.2) is 4.68 Å². The first-order valence-electron chi connectivity index (χ1n) is 7.02. The molecule has 0 aliphatic rings. The van der Waals surface area contributed by atoms with Gasteiger partial charge in [-0.3, -0.25) is 9.59 Å². The van der Waals surface area contributed by atoms with Crippen molar-refractivity contribution in [2.45, 2.75) is 20.4 Å². The van der Waals surface area contributed by atoms with E-state index in [0.29, 0.717) is 30.4 Å². The molecule has 0 bridgehead atoms. The number of rotatable bonds is 5. The van der Waals surface area contributed by atoms with Crippen LogP contribution in [0.5, 0.6) is 0 Å². The number of carbonyl (C=O) groups is 1. The van der Waals surface area contributed by atoms with Crippen LogP contribution in [0.4, 0.5) is 0 Å². The van der Waals surface area contributed by atoms with Crippen LogP contribution >= 0.6 is 0 Å². The number of nitrogens with one attached hydrogen (secondary N) is 1. The summed E-state index contributed by atoms with van der Waals surface area (Å²) in [6.07, 6.45) is 0. The molecule has 21 heavy (non-hydrogen) atoms. The zero-order valence-electron chi connectivity index (χ0n) is 12.3. The molecule has 0 saturated carbocycles. The smallest absolute Gasteiger partial charge is 0.274 e. The van der Waals surface area contributed by atoms with Gasteiger partial charge in [-0.15, -0.1) is 0 Å². The van der Waals surface area contributed by atoms with Crippen LogP contribution in [0, 0.1) is 5.92 Å². The lowest BCUT2D eigenvalue weighted by Crippen LogP contribution is -2.33. The number of aromatic nitrogens is 2. The molecule has 0 radical (unpaired) electrons. The van der Waals surface area contributed by atoms with Crippen LogP contribution in [0.15, 0.2) is 29.1 Å². The molecule has 0 fully saturated rings. The Balaban J connectivity index is 2.59. The van der Waals surface area contributed by atoms with Gasteiger partial charge in [-0.2, -0.15) is 5.10 Å². The number of nitrogens with two attached hydrogens (primary N) is 1. The van der Waals surface area contributed by atoms with Gasteiger partial charge >= 0.3 is 0 Å². The quantitative estimate of drug-likeness (QED) is 0.849. The highest BCUT2D eigenvalue weighted by atomic mass is 16.2. The lowest BCUT2D eigenvalue weighted by Gasteiger charge is -2.12. The first-order valence-corrected chi connectivity index (χ1v) is 7.02. The molecule has 0 saturated heterocycles. The molecular formula is C15H20N4O2. The van der Waals surface area contributed by atoms with Gasteiger partial charge in [0.25, 0.3) is 11.5 Å². The summed E-state index contributed by atoms with van der Waals surface area (Å²) in [7, 11) is 0. The van der Waals surface area contributed by atoms with Gasteiger partial charge in [0.15, 0.2) is 5.69 Å². The average molecular weight is 288 g/mol. The van der Waals surface area contributed by atoms with E-state index >= 15 is 0 Å². The summed E-state index contributed by atoms with van der Waals surface area (Å²) in [6, 6.07) is 7.03. The maximum atomic E-state index is 12.4. The second-order valence-electron chi connectivity index (χ2n) is 5.32. The normalized spacial score (nSPS) is 11.0. The second kappa shape index (κ2) is 6.49. The Hall–Kier alpha value is -2.21. The number of fused-ring (bicyclic) bond motifs is 1. The molecule has 1 aromatic heterocycles. The third kappa shape index (κ3) is 3.28. The molecule has 1 heterocycles. The minimum absolute atomic E-state index is 0.172. The SMILES string of the molecule is CC(C)Cn1nc(C(=O)NCCN)c2ccccc2c1=O. The van der Waals surface area contributed by atoms with Gasteiger partial charge < -0.3 is 11.1 Å². The summed E-state index contributed by atoms with van der Waals surface area (Å²) >= 11 is 0. The molecule has 0 atom stereocenters. The predicted octanol–water partition coefficient (Wildman–Crippen LogP) is 0.741. The Morgan fingerprint density at radius 1 is 1.33 bits per heavy atom. The summed E-state index contributed by atoms with van der Waals surface area (Å²) in [4.78, 5) is 24.6. The van der Waals surface area contributed by atoms with Crippen molar-refractivity contribution in [1.29, 1.82) is 0 Å². The number of hydrogen-bond donors (Lipinski definition) is 2. The van der Waals surface area contributed by atoms with E-state index < -0.39 is 0 Å². The molecule has 0 spiro atoms. The van der Waals surface area contributed by atoms with Crippen LogP contribution in [0.2, 0.25) is 0 Å². The van der Waals surface area contributed by atoms with Crippen LogP contribution in [0.1, 0.15) is 24.3 Å². The lowest BCUT2D eigenvalue weighted by molar-refractivity contribution is 0.0949. The third-order valence-electron chi connectivity index (χ3n) is 3.05. The number of nitrogens with zero attached hydrogens (tertiary/aromatic N) is 2. The van der Waals surface area contributed by atoms with Gasteiger partial charge in [0, 0.05) is 25.0 Å². The Morgan fingerprint density at radius 3 is 2.62 bits per heavy atom. The second-order valence-corrected chi connectivity index (χ2v) is 5.32. The molecule has 2 aromatic rings.